The minimum Gasteiger partial charge on any atom is -0.352 e. The van der Waals surface area contributed by atoms with E-state index in [0.29, 0.717) is 35.1 Å². The highest BCUT2D eigenvalue weighted by molar-refractivity contribution is 7.92. The van der Waals surface area contributed by atoms with E-state index in [-0.39, 0.29) is 24.2 Å². The number of sulfonamides is 2. The van der Waals surface area contributed by atoms with Gasteiger partial charge in [0.25, 0.3) is 0 Å². The Kier molecular flexibility index (Phi) is 12.4. The number of nitrogens with zero attached hydrogens (tertiary/aromatic N) is 10. The SMILES string of the molecule is CN1C(=O)C2(CCC2)c2c1cnc1ccc(-c3cnc(N4CC(N(C)C)C4)c(NS(C)(=O)=O)c3)cc21.CN1C(=O)C2(CCC2)c2c1cnc1ccc(-c3cnc(N4CC(N(C)C)C4)c(NS(C)(=O)=O)c3)cc21.Cl. The van der Waals surface area contributed by atoms with Crippen LogP contribution in [0.4, 0.5) is 34.4 Å². The Bertz CT molecular complexity index is 3260. The van der Waals surface area contributed by atoms with Crippen molar-refractivity contribution in [3.05, 3.63) is 84.4 Å². The number of hydrogen-bond acceptors (Lipinski definition) is 14. The van der Waals surface area contributed by atoms with Gasteiger partial charge in [-0.25, -0.2) is 26.8 Å². The minimum atomic E-state index is -3.49. The number of benzene rings is 2. The fourth-order valence-electron chi connectivity index (χ4n) is 11.5. The van der Waals surface area contributed by atoms with Crippen molar-refractivity contribution in [1.29, 1.82) is 0 Å². The molecule has 384 valence electrons. The summed E-state index contributed by atoms with van der Waals surface area (Å²) in [5, 5.41) is 1.95. The molecule has 2 saturated heterocycles. The molecule has 0 bridgehead atoms. The number of anilines is 6. The van der Waals surface area contributed by atoms with Crippen LogP contribution < -0.4 is 29.0 Å². The number of carbonyl (C=O) groups excluding carboxylic acids is 2. The molecule has 6 aliphatic rings. The van der Waals surface area contributed by atoms with Gasteiger partial charge in [-0.3, -0.25) is 29.0 Å². The first-order chi connectivity index (χ1) is 34.1. The molecule has 2 amide bonds. The summed E-state index contributed by atoms with van der Waals surface area (Å²) in [6.45, 7) is 3.15. The van der Waals surface area contributed by atoms with Gasteiger partial charge in [0.05, 0.1) is 69.5 Å². The number of likely N-dealkylation sites (N-methyl/N-ethyl adjacent to an activating group) is 4. The predicted octanol–water partition coefficient (Wildman–Crippen LogP) is 6.06. The summed E-state index contributed by atoms with van der Waals surface area (Å²) >= 11 is 0. The van der Waals surface area contributed by atoms with Gasteiger partial charge in [-0.05, 0) is 101 Å². The third-order valence-corrected chi connectivity index (χ3v) is 17.2. The Morgan fingerprint density at radius 1 is 0.548 bits per heavy atom. The van der Waals surface area contributed by atoms with Crippen molar-refractivity contribution in [2.24, 2.45) is 0 Å². The molecule has 4 aromatic heterocycles. The number of aromatic nitrogens is 4. The summed E-state index contributed by atoms with van der Waals surface area (Å²) in [5.41, 5.74) is 9.04. The number of nitrogens with one attached hydrogen (secondary N) is 2. The van der Waals surface area contributed by atoms with Gasteiger partial charge in [0.15, 0.2) is 11.6 Å². The number of hydrogen-bond donors (Lipinski definition) is 2. The van der Waals surface area contributed by atoms with Gasteiger partial charge in [0.2, 0.25) is 31.9 Å². The van der Waals surface area contributed by atoms with E-state index in [1.165, 1.54) is 0 Å². The van der Waals surface area contributed by atoms with Crippen molar-refractivity contribution in [1.82, 2.24) is 29.7 Å². The third-order valence-electron chi connectivity index (χ3n) is 16.0. The quantitative estimate of drug-likeness (QED) is 0.161. The van der Waals surface area contributed by atoms with Gasteiger partial charge in [0.1, 0.15) is 0 Å². The molecule has 21 heteroatoms. The van der Waals surface area contributed by atoms with Crippen LogP contribution in [0.15, 0.2) is 73.3 Å². The molecule has 6 aromatic rings. The maximum Gasteiger partial charge on any atom is 0.237 e. The first-order valence-corrected chi connectivity index (χ1v) is 28.1. The van der Waals surface area contributed by atoms with Crippen molar-refractivity contribution in [3.63, 3.8) is 0 Å². The minimum absolute atomic E-state index is 0. The number of pyridine rings is 4. The van der Waals surface area contributed by atoms with Gasteiger partial charge in [-0.1, -0.05) is 25.0 Å². The fourth-order valence-corrected chi connectivity index (χ4v) is 12.6. The smallest absolute Gasteiger partial charge is 0.237 e. The molecule has 4 fully saturated rings. The molecular formula is C52H61ClN12O6S2. The van der Waals surface area contributed by atoms with Crippen LogP contribution >= 0.6 is 12.4 Å². The Morgan fingerprint density at radius 2 is 0.918 bits per heavy atom. The van der Waals surface area contributed by atoms with Crippen LogP contribution in [0, 0.1) is 0 Å². The average Bonchev–Trinajstić information content (AvgIpc) is 3.65. The summed E-state index contributed by atoms with van der Waals surface area (Å²) in [7, 11) is 4.83. The molecule has 0 unspecified atom stereocenters. The van der Waals surface area contributed by atoms with Crippen LogP contribution in [-0.2, 0) is 40.5 Å². The summed E-state index contributed by atoms with van der Waals surface area (Å²) in [5.74, 6) is 1.57. The Labute approximate surface area is 432 Å². The molecule has 4 aliphatic heterocycles. The standard InChI is InChI=1S/2C26H30N6O3S.ClH/c2*1-30(2)18-14-32(15-18)24-21(29-36(4,34)35)11-17(12-28-24)16-6-7-20-19(10-16)23-22(13-27-20)31(3)25(33)26(23)8-5-9-26;/h2*6-7,10-13,18,29H,5,8-9,14-15H2,1-4H3;1H. The Hall–Kier alpha value is -6.19. The Morgan fingerprint density at radius 3 is 1.23 bits per heavy atom. The molecule has 0 atom stereocenters. The molecule has 73 heavy (non-hydrogen) atoms. The van der Waals surface area contributed by atoms with Gasteiger partial charge < -0.3 is 29.4 Å². The second kappa shape index (κ2) is 18.0. The molecule has 2 aromatic carbocycles. The maximum atomic E-state index is 13.2. The van der Waals surface area contributed by atoms with Gasteiger partial charge >= 0.3 is 0 Å². The van der Waals surface area contributed by atoms with Gasteiger partial charge in [-0.2, -0.15) is 0 Å². The largest absolute Gasteiger partial charge is 0.352 e. The van der Waals surface area contributed by atoms with E-state index in [4.69, 9.17) is 9.97 Å². The first kappa shape index (κ1) is 50.3. The lowest BCUT2D eigenvalue weighted by Crippen LogP contribution is -2.57. The van der Waals surface area contributed by atoms with E-state index in [0.717, 1.165) is 144 Å². The average molecular weight is 1050 g/mol. The third kappa shape index (κ3) is 8.48. The maximum absolute atomic E-state index is 13.2. The second-order valence-corrected chi connectivity index (χ2v) is 24.6. The molecule has 18 nitrogen and oxygen atoms in total. The molecule has 2 N–H and O–H groups in total. The lowest BCUT2D eigenvalue weighted by Gasteiger charge is -2.44. The Balaban J connectivity index is 0.000000165. The van der Waals surface area contributed by atoms with E-state index in [9.17, 15) is 26.4 Å². The van der Waals surface area contributed by atoms with Crippen LogP contribution in [0.1, 0.15) is 49.7 Å². The fraction of sp³-hybridized carbons (Fsp3) is 0.423. The highest BCUT2D eigenvalue weighted by Crippen LogP contribution is 2.56. The highest BCUT2D eigenvalue weighted by Gasteiger charge is 2.55. The normalized spacial score (nSPS) is 18.8. The molecule has 0 radical (unpaired) electrons. The van der Waals surface area contributed by atoms with Crippen molar-refractivity contribution in [3.8, 4) is 22.3 Å². The van der Waals surface area contributed by atoms with Crippen molar-refractivity contribution < 1.29 is 26.4 Å². The lowest BCUT2D eigenvalue weighted by atomic mass is 9.64. The summed E-state index contributed by atoms with van der Waals surface area (Å²) in [6, 6.07) is 16.5. The zero-order valence-electron chi connectivity index (χ0n) is 42.3. The van der Waals surface area contributed by atoms with E-state index < -0.39 is 30.9 Å². The lowest BCUT2D eigenvalue weighted by molar-refractivity contribution is -0.126. The molecular weight excluding hydrogens is 988 g/mol. The highest BCUT2D eigenvalue weighted by atomic mass is 35.5. The van der Waals surface area contributed by atoms with Crippen molar-refractivity contribution >= 4 is 100 Å². The second-order valence-electron chi connectivity index (χ2n) is 21.1. The summed E-state index contributed by atoms with van der Waals surface area (Å²) in [4.78, 5) is 56.9. The number of fused-ring (bicyclic) bond motifs is 8. The molecule has 8 heterocycles. The number of halogens is 1. The van der Waals surface area contributed by atoms with E-state index in [2.05, 4.69) is 51.1 Å². The van der Waals surface area contributed by atoms with Crippen molar-refractivity contribution in [2.75, 3.05) is 110 Å². The van der Waals surface area contributed by atoms with E-state index >= 15 is 0 Å². The van der Waals surface area contributed by atoms with Gasteiger partial charge in [-0.15, -0.1) is 12.4 Å². The zero-order chi connectivity index (χ0) is 50.8. The van der Waals surface area contributed by atoms with Gasteiger partial charge in [0, 0.05) is 97.8 Å². The summed E-state index contributed by atoms with van der Waals surface area (Å²) in [6.07, 6.45) is 15.0. The van der Waals surface area contributed by atoms with E-state index in [1.54, 1.807) is 34.6 Å². The van der Waals surface area contributed by atoms with E-state index in [1.807, 2.05) is 78.7 Å². The van der Waals surface area contributed by atoms with Crippen LogP contribution in [0.3, 0.4) is 0 Å². The molecule has 2 saturated carbocycles. The predicted molar refractivity (Wildman–Crippen MR) is 291 cm³/mol. The van der Waals surface area contributed by atoms with Crippen LogP contribution in [-0.4, -0.2) is 151 Å². The molecule has 2 spiro atoms. The van der Waals surface area contributed by atoms with Crippen LogP contribution in [0.25, 0.3) is 44.1 Å². The zero-order valence-corrected chi connectivity index (χ0v) is 44.7. The number of rotatable bonds is 10. The first-order valence-electron chi connectivity index (χ1n) is 24.4. The number of carbonyl (C=O) groups is 2. The van der Waals surface area contributed by atoms with Crippen LogP contribution in [0.2, 0.25) is 0 Å². The molecule has 2 aliphatic carbocycles. The monoisotopic (exact) mass is 1050 g/mol. The summed E-state index contributed by atoms with van der Waals surface area (Å²) < 4.78 is 54.0. The number of amides is 2. The topological polar surface area (TPSA) is 197 Å². The molecule has 12 rings (SSSR count). The van der Waals surface area contributed by atoms with Crippen molar-refractivity contribution in [2.45, 2.75) is 61.4 Å². The van der Waals surface area contributed by atoms with Crippen LogP contribution in [0.5, 0.6) is 0 Å².